The van der Waals surface area contributed by atoms with Gasteiger partial charge in [0.2, 0.25) is 0 Å². The van der Waals surface area contributed by atoms with Gasteiger partial charge in [0, 0.05) is 0 Å². The standard InChI is InChI=1S/C18H11ClFN3O2/c19-17-16(22-14-3-1-2-4-15(14)23-17)13(9-21)18(24)25-10-11-5-7-12(20)8-6-11/h1-8,22H,10H2/b16-13+. The molecule has 0 aromatic heterocycles. The number of esters is 1. The first-order valence-electron chi connectivity index (χ1n) is 7.25. The number of anilines is 1. The summed E-state index contributed by atoms with van der Waals surface area (Å²) in [7, 11) is 0. The average Bonchev–Trinajstić information content (AvgIpc) is 2.62. The van der Waals surface area contributed by atoms with Crippen LogP contribution in [0.2, 0.25) is 0 Å². The van der Waals surface area contributed by atoms with Crippen LogP contribution in [0.25, 0.3) is 0 Å². The van der Waals surface area contributed by atoms with Crippen LogP contribution in [0.4, 0.5) is 15.8 Å². The van der Waals surface area contributed by atoms with Crippen molar-refractivity contribution in [1.82, 2.24) is 0 Å². The van der Waals surface area contributed by atoms with Crippen molar-refractivity contribution in [2.45, 2.75) is 6.61 Å². The molecule has 124 valence electrons. The van der Waals surface area contributed by atoms with Gasteiger partial charge in [0.05, 0.1) is 11.4 Å². The van der Waals surface area contributed by atoms with Crippen LogP contribution < -0.4 is 5.32 Å². The van der Waals surface area contributed by atoms with Crippen LogP contribution in [-0.2, 0) is 16.1 Å². The van der Waals surface area contributed by atoms with E-state index in [1.54, 1.807) is 30.3 Å². The molecule has 0 amide bonds. The van der Waals surface area contributed by atoms with E-state index < -0.39 is 5.97 Å². The van der Waals surface area contributed by atoms with E-state index in [-0.39, 0.29) is 28.9 Å². The quantitative estimate of drug-likeness (QED) is 0.512. The van der Waals surface area contributed by atoms with E-state index >= 15 is 0 Å². The molecule has 0 saturated carbocycles. The van der Waals surface area contributed by atoms with Gasteiger partial charge in [-0.05, 0) is 29.8 Å². The molecule has 1 N–H and O–H groups in total. The van der Waals surface area contributed by atoms with Crippen LogP contribution in [0.1, 0.15) is 5.56 Å². The van der Waals surface area contributed by atoms with Crippen molar-refractivity contribution in [2.24, 2.45) is 4.99 Å². The molecule has 2 aromatic carbocycles. The van der Waals surface area contributed by atoms with Crippen molar-refractivity contribution in [3.05, 3.63) is 71.2 Å². The van der Waals surface area contributed by atoms with E-state index in [9.17, 15) is 14.4 Å². The first-order valence-corrected chi connectivity index (χ1v) is 7.63. The summed E-state index contributed by atoms with van der Waals surface area (Å²) in [5.41, 5.74) is 1.63. The van der Waals surface area contributed by atoms with Crippen LogP contribution in [0.5, 0.6) is 0 Å². The number of para-hydroxylation sites is 2. The monoisotopic (exact) mass is 355 g/mol. The Morgan fingerprint density at radius 1 is 1.24 bits per heavy atom. The number of hydrogen-bond acceptors (Lipinski definition) is 5. The minimum Gasteiger partial charge on any atom is -0.457 e. The van der Waals surface area contributed by atoms with E-state index in [1.807, 2.05) is 0 Å². The highest BCUT2D eigenvalue weighted by atomic mass is 35.5. The van der Waals surface area contributed by atoms with E-state index in [0.29, 0.717) is 16.9 Å². The molecule has 25 heavy (non-hydrogen) atoms. The van der Waals surface area contributed by atoms with Gasteiger partial charge in [-0.2, -0.15) is 5.26 Å². The Bertz CT molecular complexity index is 930. The van der Waals surface area contributed by atoms with Gasteiger partial charge in [-0.25, -0.2) is 14.2 Å². The maximum Gasteiger partial charge on any atom is 0.351 e. The van der Waals surface area contributed by atoms with E-state index in [2.05, 4.69) is 10.3 Å². The van der Waals surface area contributed by atoms with Gasteiger partial charge in [0.15, 0.2) is 10.7 Å². The first-order chi connectivity index (χ1) is 12.1. The number of hydrogen-bond donors (Lipinski definition) is 1. The molecule has 0 fully saturated rings. The Morgan fingerprint density at radius 3 is 2.68 bits per heavy atom. The van der Waals surface area contributed by atoms with E-state index in [1.165, 1.54) is 24.3 Å². The fourth-order valence-electron chi connectivity index (χ4n) is 2.20. The number of nitrogens with one attached hydrogen (secondary N) is 1. The maximum absolute atomic E-state index is 12.9. The normalized spacial score (nSPS) is 14.5. The summed E-state index contributed by atoms with van der Waals surface area (Å²) < 4.78 is 18.0. The molecule has 0 unspecified atom stereocenters. The number of nitrogens with zero attached hydrogens (tertiary/aromatic N) is 2. The van der Waals surface area contributed by atoms with Crippen LogP contribution in [-0.4, -0.2) is 11.1 Å². The molecule has 2 aromatic rings. The van der Waals surface area contributed by atoms with Crippen LogP contribution in [0, 0.1) is 17.1 Å². The number of carbonyl (C=O) groups excluding carboxylic acids is 1. The molecule has 1 aliphatic rings. The van der Waals surface area contributed by atoms with Crippen molar-refractivity contribution in [3.8, 4) is 6.07 Å². The van der Waals surface area contributed by atoms with Crippen molar-refractivity contribution in [3.63, 3.8) is 0 Å². The first kappa shape index (κ1) is 16.7. The predicted octanol–water partition coefficient (Wildman–Crippen LogP) is 4.04. The summed E-state index contributed by atoms with van der Waals surface area (Å²) in [6.07, 6.45) is 0. The Kier molecular flexibility index (Phi) is 4.78. The Balaban J connectivity index is 1.82. The zero-order chi connectivity index (χ0) is 17.8. The third-order valence-corrected chi connectivity index (χ3v) is 3.71. The Morgan fingerprint density at radius 2 is 1.96 bits per heavy atom. The Hall–Kier alpha value is -3.17. The maximum atomic E-state index is 12.9. The van der Waals surface area contributed by atoms with Crippen molar-refractivity contribution in [2.75, 3.05) is 5.32 Å². The molecule has 0 aliphatic carbocycles. The minimum atomic E-state index is -0.845. The van der Waals surface area contributed by atoms with Crippen molar-refractivity contribution in [1.29, 1.82) is 5.26 Å². The van der Waals surface area contributed by atoms with Crippen LogP contribution in [0.3, 0.4) is 0 Å². The summed E-state index contributed by atoms with van der Waals surface area (Å²) >= 11 is 6.09. The molecule has 1 heterocycles. The number of aliphatic imine (C=N–C) groups is 1. The van der Waals surface area contributed by atoms with Crippen LogP contribution in [0.15, 0.2) is 64.8 Å². The van der Waals surface area contributed by atoms with Gasteiger partial charge >= 0.3 is 5.97 Å². The fourth-order valence-corrected chi connectivity index (χ4v) is 2.43. The zero-order valence-corrected chi connectivity index (χ0v) is 13.5. The number of rotatable bonds is 3. The molecule has 3 rings (SSSR count). The van der Waals surface area contributed by atoms with Gasteiger partial charge in [-0.3, -0.25) is 0 Å². The summed E-state index contributed by atoms with van der Waals surface area (Å²) in [5.74, 6) is -1.23. The molecular weight excluding hydrogens is 345 g/mol. The number of allylic oxidation sites excluding steroid dienone is 1. The molecule has 5 nitrogen and oxygen atoms in total. The molecular formula is C18H11ClFN3O2. The SMILES string of the molecule is N#C/C(C(=O)OCc1ccc(F)cc1)=C1\Nc2ccccc2N=C1Cl. The topological polar surface area (TPSA) is 74.5 Å². The summed E-state index contributed by atoms with van der Waals surface area (Å²) in [6.45, 7) is -0.0943. The Labute approximate surface area is 148 Å². The smallest absolute Gasteiger partial charge is 0.351 e. The highest BCUT2D eigenvalue weighted by molar-refractivity contribution is 6.70. The van der Waals surface area contributed by atoms with Gasteiger partial charge in [0.25, 0.3) is 0 Å². The minimum absolute atomic E-state index is 0.00557. The number of benzene rings is 2. The number of halogens is 2. The lowest BCUT2D eigenvalue weighted by Gasteiger charge is -2.18. The fraction of sp³-hybridized carbons (Fsp3) is 0.0556. The lowest BCUT2D eigenvalue weighted by atomic mass is 10.1. The molecule has 7 heteroatoms. The molecule has 1 aliphatic heterocycles. The highest BCUT2D eigenvalue weighted by Crippen LogP contribution is 2.32. The lowest BCUT2D eigenvalue weighted by Crippen LogP contribution is -2.18. The molecule has 0 atom stereocenters. The lowest BCUT2D eigenvalue weighted by molar-refractivity contribution is -0.139. The van der Waals surface area contributed by atoms with Crippen molar-refractivity contribution >= 4 is 34.1 Å². The van der Waals surface area contributed by atoms with Gasteiger partial charge in [-0.1, -0.05) is 35.9 Å². The summed E-state index contributed by atoms with van der Waals surface area (Å²) in [4.78, 5) is 16.4. The van der Waals surface area contributed by atoms with Gasteiger partial charge < -0.3 is 10.1 Å². The average molecular weight is 356 g/mol. The van der Waals surface area contributed by atoms with E-state index in [4.69, 9.17) is 16.3 Å². The van der Waals surface area contributed by atoms with Crippen molar-refractivity contribution < 1.29 is 13.9 Å². The second-order valence-electron chi connectivity index (χ2n) is 5.11. The largest absolute Gasteiger partial charge is 0.457 e. The highest BCUT2D eigenvalue weighted by Gasteiger charge is 2.24. The summed E-state index contributed by atoms with van der Waals surface area (Å²) in [6, 6.07) is 14.4. The van der Waals surface area contributed by atoms with Crippen LogP contribution >= 0.6 is 11.6 Å². The third-order valence-electron chi connectivity index (χ3n) is 3.44. The number of fused-ring (bicyclic) bond motifs is 1. The molecule has 0 radical (unpaired) electrons. The number of carbonyl (C=O) groups is 1. The second-order valence-corrected chi connectivity index (χ2v) is 5.47. The third kappa shape index (κ3) is 3.67. The van der Waals surface area contributed by atoms with Gasteiger partial charge in [-0.15, -0.1) is 0 Å². The molecule has 0 bridgehead atoms. The number of nitriles is 1. The predicted molar refractivity (Wildman–Crippen MR) is 91.8 cm³/mol. The summed E-state index contributed by atoms with van der Waals surface area (Å²) in [5, 5.41) is 12.3. The zero-order valence-electron chi connectivity index (χ0n) is 12.8. The molecule has 0 saturated heterocycles. The van der Waals surface area contributed by atoms with Gasteiger partial charge in [0.1, 0.15) is 24.2 Å². The number of ether oxygens (including phenoxy) is 1. The molecule has 0 spiro atoms. The van der Waals surface area contributed by atoms with E-state index in [0.717, 1.165) is 0 Å². The second kappa shape index (κ2) is 7.16.